The molecule has 0 fully saturated rings. The number of esters is 4. The van der Waals surface area contributed by atoms with Gasteiger partial charge in [-0.1, -0.05) is 276 Å². The van der Waals surface area contributed by atoms with Crippen LogP contribution in [0.2, 0.25) is 0 Å². The summed E-state index contributed by atoms with van der Waals surface area (Å²) in [6, 6.07) is 0. The molecule has 0 bridgehead atoms. The van der Waals surface area contributed by atoms with E-state index >= 15 is 0 Å². The summed E-state index contributed by atoms with van der Waals surface area (Å²) in [6.45, 7) is 4.54. The van der Waals surface area contributed by atoms with Crippen molar-refractivity contribution in [1.29, 1.82) is 0 Å². The second-order valence-corrected chi connectivity index (χ2v) is 29.8. The molecule has 5 unspecified atom stereocenters. The van der Waals surface area contributed by atoms with Crippen LogP contribution in [0, 0.1) is 0 Å². The number of ether oxygens (including phenoxy) is 4. The summed E-state index contributed by atoms with van der Waals surface area (Å²) in [5.74, 6) is -2.25. The maximum Gasteiger partial charge on any atom is 0.472 e. The number of allylic oxidation sites excluding steroid dienone is 24. The number of carbonyl (C=O) groups excluding carboxylic acids is 4. The molecule has 606 valence electrons. The highest BCUT2D eigenvalue weighted by Gasteiger charge is 2.30. The van der Waals surface area contributed by atoms with Crippen LogP contribution in [0.5, 0.6) is 0 Å². The predicted octanol–water partition coefficient (Wildman–Crippen LogP) is 24.2. The zero-order chi connectivity index (χ0) is 77.4. The first kappa shape index (κ1) is 101. The molecule has 5 atom stereocenters. The molecule has 0 spiro atoms. The third-order valence-electron chi connectivity index (χ3n) is 16.8. The monoisotopic (exact) mass is 1530 g/mol. The zero-order valence-corrected chi connectivity index (χ0v) is 68.1. The highest BCUT2D eigenvalue weighted by Crippen LogP contribution is 2.45. The molecule has 0 radical (unpaired) electrons. The number of aliphatic hydroxyl groups is 1. The van der Waals surface area contributed by atoms with Crippen LogP contribution in [0.1, 0.15) is 323 Å². The molecule has 19 heteroatoms. The van der Waals surface area contributed by atoms with Crippen molar-refractivity contribution in [2.24, 2.45) is 0 Å². The summed E-state index contributed by atoms with van der Waals surface area (Å²) in [4.78, 5) is 73.1. The fourth-order valence-corrected chi connectivity index (χ4v) is 12.1. The fourth-order valence-electron chi connectivity index (χ4n) is 10.6. The van der Waals surface area contributed by atoms with Crippen molar-refractivity contribution in [3.8, 4) is 0 Å². The first-order chi connectivity index (χ1) is 51.7. The van der Waals surface area contributed by atoms with E-state index in [9.17, 15) is 43.2 Å². The number of phosphoric acid groups is 2. The number of carbonyl (C=O) groups is 4. The Morgan fingerprint density at radius 1 is 0.274 bits per heavy atom. The molecule has 0 saturated heterocycles. The summed E-state index contributed by atoms with van der Waals surface area (Å²) < 4.78 is 68.7. The molecule has 106 heavy (non-hydrogen) atoms. The number of unbranched alkanes of at least 4 members (excludes halogenated alkanes) is 26. The zero-order valence-electron chi connectivity index (χ0n) is 66.3. The average molecular weight is 1530 g/mol. The lowest BCUT2D eigenvalue weighted by molar-refractivity contribution is -0.161. The van der Waals surface area contributed by atoms with Crippen LogP contribution in [0.4, 0.5) is 0 Å². The van der Waals surface area contributed by atoms with Crippen LogP contribution in [-0.2, 0) is 65.4 Å². The highest BCUT2D eigenvalue weighted by molar-refractivity contribution is 7.47. The number of aliphatic hydroxyl groups excluding tert-OH is 1. The molecule has 0 saturated carbocycles. The smallest absolute Gasteiger partial charge is 0.462 e. The first-order valence-electron chi connectivity index (χ1n) is 41.1. The minimum absolute atomic E-state index is 0.0587. The van der Waals surface area contributed by atoms with E-state index in [4.69, 9.17) is 37.0 Å². The summed E-state index contributed by atoms with van der Waals surface area (Å²) in [5, 5.41) is 10.7. The SMILES string of the molecule is CC/C=C\C/C=C\C/C=C\C/C=C\CCCCCCCCC(=O)OCC(COP(=O)(O)OCC(O)COP(=O)(O)OCC(COC(=O)CCCCCCC/C=C\C/C=C\CCCCC)OC(=O)CCCCCCC/C=C\C/C=C\CCCCC)OC(=O)CCCCCC/C=C\C/C=C\C/C=C\C/C=C\CC. The number of phosphoric ester groups is 2. The van der Waals surface area contributed by atoms with Gasteiger partial charge in [0.05, 0.1) is 26.4 Å². The van der Waals surface area contributed by atoms with E-state index in [1.54, 1.807) is 0 Å². The highest BCUT2D eigenvalue weighted by atomic mass is 31.2. The lowest BCUT2D eigenvalue weighted by atomic mass is 10.1. The molecule has 3 N–H and O–H groups in total. The van der Waals surface area contributed by atoms with Crippen molar-refractivity contribution in [2.45, 2.75) is 341 Å². The number of hydrogen-bond acceptors (Lipinski definition) is 15. The topological polar surface area (TPSA) is 237 Å². The third kappa shape index (κ3) is 77.1. The Bertz CT molecular complexity index is 2580. The van der Waals surface area contributed by atoms with Crippen molar-refractivity contribution >= 4 is 39.5 Å². The van der Waals surface area contributed by atoms with E-state index in [2.05, 4.69) is 174 Å². The van der Waals surface area contributed by atoms with Crippen molar-refractivity contribution in [3.05, 3.63) is 146 Å². The molecule has 0 rings (SSSR count). The van der Waals surface area contributed by atoms with Gasteiger partial charge in [0, 0.05) is 25.7 Å². The summed E-state index contributed by atoms with van der Waals surface area (Å²) in [5.41, 5.74) is 0. The van der Waals surface area contributed by atoms with Crippen LogP contribution in [0.25, 0.3) is 0 Å². The van der Waals surface area contributed by atoms with Crippen LogP contribution in [0.3, 0.4) is 0 Å². The molecule has 0 amide bonds. The van der Waals surface area contributed by atoms with Gasteiger partial charge >= 0.3 is 39.5 Å². The average Bonchev–Trinajstić information content (AvgIpc) is 0.902. The van der Waals surface area contributed by atoms with Crippen LogP contribution in [-0.4, -0.2) is 96.7 Å². The maximum atomic E-state index is 13.1. The van der Waals surface area contributed by atoms with Crippen LogP contribution >= 0.6 is 15.6 Å². The Kier molecular flexibility index (Phi) is 74.3. The van der Waals surface area contributed by atoms with Crippen molar-refractivity contribution in [1.82, 2.24) is 0 Å². The second-order valence-electron chi connectivity index (χ2n) is 26.9. The van der Waals surface area contributed by atoms with E-state index in [0.717, 1.165) is 205 Å². The molecule has 0 aliphatic heterocycles. The van der Waals surface area contributed by atoms with Gasteiger partial charge in [-0.2, -0.15) is 0 Å². The minimum Gasteiger partial charge on any atom is -0.462 e. The van der Waals surface area contributed by atoms with Crippen LogP contribution in [0.15, 0.2) is 146 Å². The largest absolute Gasteiger partial charge is 0.472 e. The Morgan fingerprint density at radius 2 is 0.491 bits per heavy atom. The summed E-state index contributed by atoms with van der Waals surface area (Å²) >= 11 is 0. The van der Waals surface area contributed by atoms with Gasteiger partial charge in [-0.05, 0) is 167 Å². The van der Waals surface area contributed by atoms with Crippen molar-refractivity contribution in [3.63, 3.8) is 0 Å². The molecule has 0 aliphatic carbocycles. The molecule has 0 heterocycles. The standard InChI is InChI=1S/C87H146O17P2/c1-5-9-13-17-21-25-29-33-37-39-40-42-45-48-52-56-60-64-68-72-85(90)98-78-83(104-87(92)74-70-66-62-58-54-50-46-41-38-34-30-26-22-18-14-10-6-2)80-102-106(95,96)100-76-81(88)75-99-105(93,94)101-79-82(103-86(91)73-69-65-61-57-53-49-44-36-32-28-24-20-16-12-8-4)77-97-84(89)71-67-63-59-55-51-47-43-35-31-27-23-19-15-11-7-3/h9-10,13-14,21-28,33-38,40,42-44,46,50,81-83,88H,5-8,11-12,15-20,29-32,39,41,45,47-49,51-80H2,1-4H3,(H,93,94)(H,95,96)/b13-9-,14-10-,25-21-,26-22-,27-23-,28-24-,37-33-,38-34-,42-40-,43-35-,44-36-,50-46-. The van der Waals surface area contributed by atoms with Crippen molar-refractivity contribution in [2.75, 3.05) is 39.6 Å². The quantitative estimate of drug-likeness (QED) is 0.0169. The Morgan fingerprint density at radius 3 is 0.755 bits per heavy atom. The number of hydrogen-bond donors (Lipinski definition) is 3. The molecule has 0 aromatic rings. The van der Waals surface area contributed by atoms with Crippen LogP contribution < -0.4 is 0 Å². The van der Waals surface area contributed by atoms with Gasteiger partial charge in [0.15, 0.2) is 12.2 Å². The maximum absolute atomic E-state index is 13.1. The Labute approximate surface area is 643 Å². The van der Waals surface area contributed by atoms with E-state index in [0.29, 0.717) is 25.7 Å². The van der Waals surface area contributed by atoms with Gasteiger partial charge < -0.3 is 33.8 Å². The predicted molar refractivity (Wildman–Crippen MR) is 436 cm³/mol. The van der Waals surface area contributed by atoms with Crippen molar-refractivity contribution < 1.29 is 80.2 Å². The summed E-state index contributed by atoms with van der Waals surface area (Å²) in [7, 11) is -9.99. The Balaban J connectivity index is 5.43. The lowest BCUT2D eigenvalue weighted by Gasteiger charge is -2.21. The van der Waals surface area contributed by atoms with Gasteiger partial charge in [-0.25, -0.2) is 9.13 Å². The van der Waals surface area contributed by atoms with E-state index in [1.807, 2.05) is 0 Å². The number of rotatable bonds is 76. The fraction of sp³-hybridized carbons (Fsp3) is 0.678. The molecule has 0 aromatic carbocycles. The molecule has 0 aromatic heterocycles. The van der Waals surface area contributed by atoms with Gasteiger partial charge in [0.25, 0.3) is 0 Å². The van der Waals surface area contributed by atoms with E-state index in [-0.39, 0.29) is 25.7 Å². The second kappa shape index (κ2) is 78.1. The molecule has 17 nitrogen and oxygen atoms in total. The van der Waals surface area contributed by atoms with Gasteiger partial charge in [0.2, 0.25) is 0 Å². The van der Waals surface area contributed by atoms with E-state index < -0.39 is 97.5 Å². The van der Waals surface area contributed by atoms with Gasteiger partial charge in [-0.15, -0.1) is 0 Å². The first-order valence-corrected chi connectivity index (χ1v) is 44.1. The molecular formula is C87H146O17P2. The van der Waals surface area contributed by atoms with Gasteiger partial charge in [0.1, 0.15) is 19.3 Å². The van der Waals surface area contributed by atoms with Gasteiger partial charge in [-0.3, -0.25) is 37.3 Å². The molecule has 0 aliphatic rings. The van der Waals surface area contributed by atoms with E-state index in [1.165, 1.54) is 38.5 Å². The third-order valence-corrected chi connectivity index (χ3v) is 18.7. The molecular weight excluding hydrogens is 1380 g/mol. The Hall–Kier alpha value is -5.06. The summed E-state index contributed by atoms with van der Waals surface area (Å²) in [6.07, 6.45) is 89.5. The normalized spacial score (nSPS) is 14.6. The lowest BCUT2D eigenvalue weighted by Crippen LogP contribution is -2.30. The minimum atomic E-state index is -5.00.